The van der Waals surface area contributed by atoms with Gasteiger partial charge in [0.25, 0.3) is 5.91 Å². The van der Waals surface area contributed by atoms with E-state index in [-0.39, 0.29) is 24.3 Å². The van der Waals surface area contributed by atoms with Gasteiger partial charge in [0.1, 0.15) is 12.4 Å². The highest BCUT2D eigenvalue weighted by Crippen LogP contribution is 2.28. The van der Waals surface area contributed by atoms with E-state index in [4.69, 9.17) is 17.3 Å². The number of amides is 2. The second kappa shape index (κ2) is 9.83. The standard InChI is InChI=1S/C23H28ClN5O2/c1-4-5-10-26-22(25)16-8-11-28(12-9-16)23(31)19-14-29(15-21(30)27(2)3)20-13-17(24)6-7-18(19)20/h4-7,10,13-14,16H,1,8-9,11-12,15H2,2-3H3,(H2,25,26)/b10-5-. The molecule has 1 fully saturated rings. The Labute approximate surface area is 187 Å². The first-order valence-corrected chi connectivity index (χ1v) is 10.6. The fraction of sp³-hybridized carbons (Fsp3) is 0.348. The van der Waals surface area contributed by atoms with E-state index in [1.165, 1.54) is 4.90 Å². The number of aliphatic imine (C=N–C) groups is 1. The molecule has 1 aliphatic heterocycles. The maximum Gasteiger partial charge on any atom is 0.256 e. The van der Waals surface area contributed by atoms with E-state index in [0.717, 1.165) is 23.7 Å². The number of amidine groups is 1. The molecule has 8 heteroatoms. The van der Waals surface area contributed by atoms with Gasteiger partial charge in [0.2, 0.25) is 5.91 Å². The van der Waals surface area contributed by atoms with E-state index in [1.807, 2.05) is 11.0 Å². The van der Waals surface area contributed by atoms with Crippen LogP contribution in [0.2, 0.25) is 5.02 Å². The number of carbonyl (C=O) groups is 2. The fourth-order valence-corrected chi connectivity index (χ4v) is 3.86. The number of rotatable bonds is 6. The van der Waals surface area contributed by atoms with E-state index in [1.54, 1.807) is 55.3 Å². The highest BCUT2D eigenvalue weighted by molar-refractivity contribution is 6.31. The molecule has 0 saturated carbocycles. The second-order valence-electron chi connectivity index (χ2n) is 7.82. The van der Waals surface area contributed by atoms with Crippen LogP contribution in [-0.4, -0.2) is 59.2 Å². The van der Waals surface area contributed by atoms with E-state index in [2.05, 4.69) is 11.6 Å². The molecule has 3 rings (SSSR count). The number of fused-ring (bicyclic) bond motifs is 1. The number of carbonyl (C=O) groups excluding carboxylic acids is 2. The molecule has 1 aromatic heterocycles. The van der Waals surface area contributed by atoms with Crippen LogP contribution in [0.15, 0.2) is 54.3 Å². The third kappa shape index (κ3) is 5.17. The van der Waals surface area contributed by atoms with Crippen LogP contribution in [0.25, 0.3) is 10.9 Å². The van der Waals surface area contributed by atoms with Crippen molar-refractivity contribution in [2.24, 2.45) is 16.6 Å². The Bertz CT molecular complexity index is 1050. The van der Waals surface area contributed by atoms with Gasteiger partial charge in [-0.25, -0.2) is 4.99 Å². The van der Waals surface area contributed by atoms with Crippen molar-refractivity contribution < 1.29 is 9.59 Å². The molecule has 1 aromatic carbocycles. The molecule has 2 aromatic rings. The minimum absolute atomic E-state index is 0.0520. The summed E-state index contributed by atoms with van der Waals surface area (Å²) in [6.07, 6.45) is 8.28. The number of hydrogen-bond donors (Lipinski definition) is 1. The number of nitrogens with zero attached hydrogens (tertiary/aromatic N) is 4. The van der Waals surface area contributed by atoms with Crippen molar-refractivity contribution in [3.05, 3.63) is 59.9 Å². The van der Waals surface area contributed by atoms with Gasteiger partial charge < -0.3 is 20.1 Å². The Kier molecular flexibility index (Phi) is 7.17. The Balaban J connectivity index is 1.80. The van der Waals surface area contributed by atoms with Crippen molar-refractivity contribution in [1.82, 2.24) is 14.4 Å². The lowest BCUT2D eigenvalue weighted by Crippen LogP contribution is -2.41. The number of allylic oxidation sites excluding steroid dienone is 2. The minimum Gasteiger partial charge on any atom is -0.387 e. The van der Waals surface area contributed by atoms with Crippen LogP contribution >= 0.6 is 11.6 Å². The Morgan fingerprint density at radius 1 is 1.32 bits per heavy atom. The van der Waals surface area contributed by atoms with Crippen molar-refractivity contribution in [2.75, 3.05) is 27.2 Å². The van der Waals surface area contributed by atoms with Crippen LogP contribution in [0.4, 0.5) is 0 Å². The van der Waals surface area contributed by atoms with Crippen LogP contribution in [0.3, 0.4) is 0 Å². The SMILES string of the molecule is C=C/C=C\N=C(/N)C1CCN(C(=O)c2cn(CC(=O)N(C)C)c3cc(Cl)ccc23)CC1. The van der Waals surface area contributed by atoms with Crippen LogP contribution in [0, 0.1) is 5.92 Å². The molecule has 31 heavy (non-hydrogen) atoms. The Hall–Kier alpha value is -3.06. The summed E-state index contributed by atoms with van der Waals surface area (Å²) < 4.78 is 1.79. The van der Waals surface area contributed by atoms with Crippen molar-refractivity contribution >= 4 is 40.2 Å². The summed E-state index contributed by atoms with van der Waals surface area (Å²) in [5, 5.41) is 1.35. The second-order valence-corrected chi connectivity index (χ2v) is 8.25. The molecule has 7 nitrogen and oxygen atoms in total. The summed E-state index contributed by atoms with van der Waals surface area (Å²) in [7, 11) is 3.42. The van der Waals surface area contributed by atoms with Crippen molar-refractivity contribution in [1.29, 1.82) is 0 Å². The molecule has 0 bridgehead atoms. The molecule has 1 aliphatic rings. The highest BCUT2D eigenvalue weighted by Gasteiger charge is 2.27. The van der Waals surface area contributed by atoms with Gasteiger partial charge in [-0.15, -0.1) is 0 Å². The zero-order valence-electron chi connectivity index (χ0n) is 17.9. The van der Waals surface area contributed by atoms with Gasteiger partial charge >= 0.3 is 0 Å². The quantitative estimate of drug-likeness (QED) is 0.424. The Morgan fingerprint density at radius 2 is 2.03 bits per heavy atom. The molecule has 2 heterocycles. The van der Waals surface area contributed by atoms with Crippen LogP contribution in [-0.2, 0) is 11.3 Å². The van der Waals surface area contributed by atoms with Crippen molar-refractivity contribution in [3.63, 3.8) is 0 Å². The summed E-state index contributed by atoms with van der Waals surface area (Å²) >= 11 is 6.18. The average molecular weight is 442 g/mol. The van der Waals surface area contributed by atoms with Gasteiger partial charge in [0.05, 0.1) is 11.1 Å². The molecular weight excluding hydrogens is 414 g/mol. The molecular formula is C23H28ClN5O2. The van der Waals surface area contributed by atoms with Crippen LogP contribution < -0.4 is 5.73 Å². The summed E-state index contributed by atoms with van der Waals surface area (Å²) in [5.41, 5.74) is 7.44. The molecule has 2 amide bonds. The zero-order valence-corrected chi connectivity index (χ0v) is 18.7. The van der Waals surface area contributed by atoms with E-state index >= 15 is 0 Å². The number of hydrogen-bond acceptors (Lipinski definition) is 3. The molecule has 0 atom stereocenters. The van der Waals surface area contributed by atoms with Crippen LogP contribution in [0.5, 0.6) is 0 Å². The molecule has 0 spiro atoms. The third-order valence-corrected chi connectivity index (χ3v) is 5.76. The fourth-order valence-electron chi connectivity index (χ4n) is 3.70. The molecule has 1 saturated heterocycles. The first-order chi connectivity index (χ1) is 14.8. The smallest absolute Gasteiger partial charge is 0.256 e. The number of nitrogens with two attached hydrogens (primary N) is 1. The topological polar surface area (TPSA) is 83.9 Å². The summed E-state index contributed by atoms with van der Waals surface area (Å²) in [6.45, 7) is 4.95. The minimum atomic E-state index is -0.0584. The van der Waals surface area contributed by atoms with Gasteiger partial charge in [-0.05, 0) is 31.1 Å². The summed E-state index contributed by atoms with van der Waals surface area (Å²) in [6, 6.07) is 5.39. The number of halogens is 1. The Morgan fingerprint density at radius 3 is 2.68 bits per heavy atom. The first kappa shape index (κ1) is 22.6. The van der Waals surface area contributed by atoms with E-state index < -0.39 is 0 Å². The predicted octanol–water partition coefficient (Wildman–Crippen LogP) is 3.29. The molecule has 0 unspecified atom stereocenters. The zero-order chi connectivity index (χ0) is 22.5. The number of aromatic nitrogens is 1. The molecule has 2 N–H and O–H groups in total. The average Bonchev–Trinajstić information content (AvgIpc) is 3.10. The van der Waals surface area contributed by atoms with Crippen molar-refractivity contribution in [3.8, 4) is 0 Å². The molecule has 0 radical (unpaired) electrons. The van der Waals surface area contributed by atoms with Crippen molar-refractivity contribution in [2.45, 2.75) is 19.4 Å². The van der Waals surface area contributed by atoms with Gasteiger partial charge in [-0.3, -0.25) is 9.59 Å². The lowest BCUT2D eigenvalue weighted by molar-refractivity contribution is -0.129. The lowest BCUT2D eigenvalue weighted by atomic mass is 9.95. The third-order valence-electron chi connectivity index (χ3n) is 5.53. The van der Waals surface area contributed by atoms with Gasteiger partial charge in [0, 0.05) is 55.9 Å². The number of likely N-dealkylation sites (N-methyl/N-ethyl adjacent to an activating group) is 1. The normalized spacial score (nSPS) is 15.6. The first-order valence-electron chi connectivity index (χ1n) is 10.2. The largest absolute Gasteiger partial charge is 0.387 e. The van der Waals surface area contributed by atoms with Gasteiger partial charge in [-0.1, -0.05) is 30.3 Å². The van der Waals surface area contributed by atoms with E-state index in [9.17, 15) is 9.59 Å². The monoisotopic (exact) mass is 441 g/mol. The number of likely N-dealkylation sites (tertiary alicyclic amines) is 1. The van der Waals surface area contributed by atoms with Crippen LogP contribution in [0.1, 0.15) is 23.2 Å². The van der Waals surface area contributed by atoms with E-state index in [0.29, 0.717) is 29.5 Å². The molecule has 164 valence electrons. The maximum atomic E-state index is 13.3. The molecule has 0 aliphatic carbocycles. The predicted molar refractivity (Wildman–Crippen MR) is 125 cm³/mol. The summed E-state index contributed by atoms with van der Waals surface area (Å²) in [5.74, 6) is 0.621. The van der Waals surface area contributed by atoms with Gasteiger partial charge in [0.15, 0.2) is 0 Å². The number of piperidine rings is 1. The number of benzene rings is 1. The maximum absolute atomic E-state index is 13.3. The summed E-state index contributed by atoms with van der Waals surface area (Å²) in [4.78, 5) is 33.2. The van der Waals surface area contributed by atoms with Gasteiger partial charge in [-0.2, -0.15) is 0 Å². The lowest BCUT2D eigenvalue weighted by Gasteiger charge is -2.31. The highest BCUT2D eigenvalue weighted by atomic mass is 35.5.